The van der Waals surface area contributed by atoms with Gasteiger partial charge in [-0.2, -0.15) is 13.2 Å². The minimum atomic E-state index is -4.55. The first-order valence-corrected chi connectivity index (χ1v) is 10.0. The fourth-order valence-corrected chi connectivity index (χ4v) is 4.40. The summed E-state index contributed by atoms with van der Waals surface area (Å²) in [5.41, 5.74) is -0.327. The molecule has 30 heavy (non-hydrogen) atoms. The van der Waals surface area contributed by atoms with Gasteiger partial charge < -0.3 is 10.2 Å². The summed E-state index contributed by atoms with van der Waals surface area (Å²) in [6.45, 7) is 0.877. The Kier molecular flexibility index (Phi) is 5.29. The van der Waals surface area contributed by atoms with E-state index in [4.69, 9.17) is 0 Å². The summed E-state index contributed by atoms with van der Waals surface area (Å²) in [6.07, 6.45) is 1.90. The highest BCUT2D eigenvalue weighted by atomic mass is 19.4. The number of allylic oxidation sites excluding steroid dienone is 2. The Morgan fingerprint density at radius 2 is 1.63 bits per heavy atom. The SMILES string of the molecule is O=C(CN1C(=O)[C@H]2CC=CC[C@H]2C1=O)Nc1cc(C(F)(F)F)ccc1N1CCCC1. The average Bonchev–Trinajstić information content (AvgIpc) is 3.31. The van der Waals surface area contributed by atoms with Gasteiger partial charge in [-0.25, -0.2) is 0 Å². The molecule has 6 nitrogen and oxygen atoms in total. The number of imide groups is 1. The Labute approximate surface area is 171 Å². The molecule has 1 aliphatic carbocycles. The number of nitrogens with one attached hydrogen (secondary N) is 1. The first-order chi connectivity index (χ1) is 14.3. The fourth-order valence-electron chi connectivity index (χ4n) is 4.40. The van der Waals surface area contributed by atoms with Gasteiger partial charge in [0.05, 0.1) is 28.8 Å². The van der Waals surface area contributed by atoms with Crippen LogP contribution in [0.2, 0.25) is 0 Å². The van der Waals surface area contributed by atoms with Crippen LogP contribution >= 0.6 is 0 Å². The molecule has 0 bridgehead atoms. The standard InChI is InChI=1S/C21H22F3N3O3/c22-21(23,24)13-7-8-17(26-9-3-4-10-26)16(11-13)25-18(28)12-27-19(29)14-5-1-2-6-15(14)20(27)30/h1-2,7-8,11,14-15H,3-6,9-10,12H2,(H,25,28)/t14-,15+. The number of hydrogen-bond acceptors (Lipinski definition) is 4. The minimum Gasteiger partial charge on any atom is -0.370 e. The number of rotatable bonds is 4. The van der Waals surface area contributed by atoms with Gasteiger partial charge >= 0.3 is 6.18 Å². The van der Waals surface area contributed by atoms with Crippen LogP contribution in [0.4, 0.5) is 24.5 Å². The molecule has 0 radical (unpaired) electrons. The topological polar surface area (TPSA) is 69.7 Å². The molecule has 1 aromatic carbocycles. The van der Waals surface area contributed by atoms with E-state index < -0.39 is 47.8 Å². The van der Waals surface area contributed by atoms with E-state index in [2.05, 4.69) is 5.32 Å². The maximum Gasteiger partial charge on any atom is 0.416 e. The van der Waals surface area contributed by atoms with E-state index in [1.807, 2.05) is 17.1 Å². The minimum absolute atomic E-state index is 0.0369. The monoisotopic (exact) mass is 421 g/mol. The third-order valence-electron chi connectivity index (χ3n) is 5.95. The van der Waals surface area contributed by atoms with Gasteiger partial charge in [0.1, 0.15) is 6.54 Å². The third kappa shape index (κ3) is 3.80. The molecular formula is C21H22F3N3O3. The molecule has 2 heterocycles. The van der Waals surface area contributed by atoms with Gasteiger partial charge in [-0.15, -0.1) is 0 Å². The number of carbonyl (C=O) groups excluding carboxylic acids is 3. The lowest BCUT2D eigenvalue weighted by Crippen LogP contribution is -2.38. The van der Waals surface area contributed by atoms with Crippen LogP contribution in [0.1, 0.15) is 31.2 Å². The number of likely N-dealkylation sites (tertiary alicyclic amines) is 1. The summed E-state index contributed by atoms with van der Waals surface area (Å²) in [5, 5.41) is 2.51. The fraction of sp³-hybridized carbons (Fsp3) is 0.476. The second kappa shape index (κ2) is 7.77. The molecule has 0 spiro atoms. The van der Waals surface area contributed by atoms with E-state index in [9.17, 15) is 27.6 Å². The second-order valence-electron chi connectivity index (χ2n) is 7.89. The lowest BCUT2D eigenvalue weighted by molar-refractivity contribution is -0.142. The number of amides is 3. The van der Waals surface area contributed by atoms with Crippen LogP contribution in [0, 0.1) is 11.8 Å². The molecule has 1 N–H and O–H groups in total. The van der Waals surface area contributed by atoms with Crippen LogP contribution in [0.5, 0.6) is 0 Å². The smallest absolute Gasteiger partial charge is 0.370 e. The largest absolute Gasteiger partial charge is 0.416 e. The van der Waals surface area contributed by atoms with Crippen molar-refractivity contribution in [2.45, 2.75) is 31.9 Å². The predicted octanol–water partition coefficient (Wildman–Crippen LogP) is 3.20. The number of hydrogen-bond donors (Lipinski definition) is 1. The highest BCUT2D eigenvalue weighted by Crippen LogP contribution is 2.37. The molecule has 0 unspecified atom stereocenters. The summed E-state index contributed by atoms with van der Waals surface area (Å²) < 4.78 is 39.6. The van der Waals surface area contributed by atoms with Crippen molar-refractivity contribution >= 4 is 29.1 Å². The maximum absolute atomic E-state index is 13.2. The van der Waals surface area contributed by atoms with E-state index in [0.29, 0.717) is 31.6 Å². The van der Waals surface area contributed by atoms with Crippen molar-refractivity contribution in [3.63, 3.8) is 0 Å². The third-order valence-corrected chi connectivity index (χ3v) is 5.95. The van der Waals surface area contributed by atoms with Gasteiger partial charge in [0, 0.05) is 13.1 Å². The summed E-state index contributed by atoms with van der Waals surface area (Å²) in [5.74, 6) is -2.39. The van der Waals surface area contributed by atoms with Crippen LogP contribution in [-0.2, 0) is 20.6 Å². The van der Waals surface area contributed by atoms with Crippen LogP contribution in [0.25, 0.3) is 0 Å². The Hall–Kier alpha value is -2.84. The van der Waals surface area contributed by atoms with E-state index >= 15 is 0 Å². The number of nitrogens with zero attached hydrogens (tertiary/aromatic N) is 2. The maximum atomic E-state index is 13.2. The van der Waals surface area contributed by atoms with Gasteiger partial charge in [-0.05, 0) is 43.9 Å². The van der Waals surface area contributed by atoms with Gasteiger partial charge in [0.2, 0.25) is 17.7 Å². The molecule has 2 saturated heterocycles. The van der Waals surface area contributed by atoms with Gasteiger partial charge in [-0.3, -0.25) is 19.3 Å². The zero-order chi connectivity index (χ0) is 21.5. The number of benzene rings is 1. The zero-order valence-corrected chi connectivity index (χ0v) is 16.2. The highest BCUT2D eigenvalue weighted by Gasteiger charge is 2.47. The molecule has 4 rings (SSSR count). The van der Waals surface area contributed by atoms with Crippen molar-refractivity contribution in [1.29, 1.82) is 0 Å². The highest BCUT2D eigenvalue weighted by molar-refractivity contribution is 6.09. The summed E-state index contributed by atoms with van der Waals surface area (Å²) in [6, 6.07) is 3.26. The first kappa shape index (κ1) is 20.4. The molecule has 3 aliphatic rings. The molecular weight excluding hydrogens is 399 g/mol. The molecule has 9 heteroatoms. The van der Waals surface area contributed by atoms with Crippen LogP contribution in [0.3, 0.4) is 0 Å². The van der Waals surface area contributed by atoms with Crippen molar-refractivity contribution in [2.24, 2.45) is 11.8 Å². The van der Waals surface area contributed by atoms with Crippen molar-refractivity contribution in [1.82, 2.24) is 4.90 Å². The Balaban J connectivity index is 1.53. The van der Waals surface area contributed by atoms with Crippen LogP contribution < -0.4 is 10.2 Å². The molecule has 160 valence electrons. The van der Waals surface area contributed by atoms with Gasteiger partial charge in [0.15, 0.2) is 0 Å². The summed E-state index contributed by atoms with van der Waals surface area (Å²) >= 11 is 0. The molecule has 2 atom stereocenters. The van der Waals surface area contributed by atoms with E-state index in [1.165, 1.54) is 6.07 Å². The molecule has 2 aliphatic heterocycles. The van der Waals surface area contributed by atoms with Crippen molar-refractivity contribution < 1.29 is 27.6 Å². The summed E-state index contributed by atoms with van der Waals surface area (Å²) in [4.78, 5) is 40.5. The Bertz CT molecular complexity index is 880. The van der Waals surface area contributed by atoms with Crippen LogP contribution in [0.15, 0.2) is 30.4 Å². The number of halogens is 3. The normalized spacial score (nSPS) is 23.8. The lowest BCUT2D eigenvalue weighted by Gasteiger charge is -2.23. The summed E-state index contributed by atoms with van der Waals surface area (Å²) in [7, 11) is 0. The predicted molar refractivity (Wildman–Crippen MR) is 104 cm³/mol. The van der Waals surface area contributed by atoms with Crippen molar-refractivity contribution in [3.05, 3.63) is 35.9 Å². The number of anilines is 2. The lowest BCUT2D eigenvalue weighted by atomic mass is 9.85. The number of carbonyl (C=O) groups is 3. The quantitative estimate of drug-likeness (QED) is 0.599. The zero-order valence-electron chi connectivity index (χ0n) is 16.2. The van der Waals surface area contributed by atoms with Crippen molar-refractivity contribution in [3.8, 4) is 0 Å². The molecule has 0 saturated carbocycles. The molecule has 1 aromatic rings. The molecule has 0 aromatic heterocycles. The average molecular weight is 421 g/mol. The molecule has 3 amide bonds. The number of alkyl halides is 3. The van der Waals surface area contributed by atoms with E-state index in [1.54, 1.807) is 0 Å². The number of fused-ring (bicyclic) bond motifs is 1. The van der Waals surface area contributed by atoms with E-state index in [-0.39, 0.29) is 5.69 Å². The van der Waals surface area contributed by atoms with Gasteiger partial charge in [0.25, 0.3) is 0 Å². The Morgan fingerprint density at radius 3 is 2.20 bits per heavy atom. The van der Waals surface area contributed by atoms with Crippen molar-refractivity contribution in [2.75, 3.05) is 29.9 Å². The molecule has 2 fully saturated rings. The first-order valence-electron chi connectivity index (χ1n) is 10.0. The van der Waals surface area contributed by atoms with Crippen LogP contribution in [-0.4, -0.2) is 42.3 Å². The van der Waals surface area contributed by atoms with Gasteiger partial charge in [-0.1, -0.05) is 12.2 Å². The Morgan fingerprint density at radius 1 is 1.03 bits per heavy atom. The van der Waals surface area contributed by atoms with E-state index in [0.717, 1.165) is 29.9 Å². The second-order valence-corrected chi connectivity index (χ2v) is 7.89.